The van der Waals surface area contributed by atoms with Crippen LogP contribution in [0.25, 0.3) is 0 Å². The van der Waals surface area contributed by atoms with Crippen LogP contribution in [0, 0.1) is 0 Å². The maximum absolute atomic E-state index is 4.45. The van der Waals surface area contributed by atoms with Gasteiger partial charge in [0.25, 0.3) is 0 Å². The van der Waals surface area contributed by atoms with E-state index in [1.807, 2.05) is 0 Å². The summed E-state index contributed by atoms with van der Waals surface area (Å²) in [5.74, 6) is 1.88. The number of H-pyrrole nitrogens is 1. The molecule has 2 rings (SSSR count). The lowest BCUT2D eigenvalue weighted by Gasteiger charge is -2.26. The van der Waals surface area contributed by atoms with E-state index in [1.54, 1.807) is 0 Å². The molecule has 0 spiro atoms. The quantitative estimate of drug-likeness (QED) is 0.815. The summed E-state index contributed by atoms with van der Waals surface area (Å²) in [7, 11) is 4.41. The Kier molecular flexibility index (Phi) is 5.34. The smallest absolute Gasteiger partial charge is 0.150 e. The van der Waals surface area contributed by atoms with Crippen molar-refractivity contribution in [1.29, 1.82) is 0 Å². The molecule has 0 amide bonds. The predicted octanol–water partition coefficient (Wildman–Crippen LogP) is 1.67. The molecular formula is C14H27N5. The Bertz CT molecular complexity index is 370. The first kappa shape index (κ1) is 14.5. The van der Waals surface area contributed by atoms with Crippen molar-refractivity contribution in [3.8, 4) is 0 Å². The van der Waals surface area contributed by atoms with Crippen molar-refractivity contribution in [2.45, 2.75) is 51.6 Å². The number of aromatic amines is 1. The molecule has 0 aromatic carbocycles. The first-order valence-electron chi connectivity index (χ1n) is 7.48. The van der Waals surface area contributed by atoms with E-state index in [0.29, 0.717) is 0 Å². The molecule has 1 saturated carbocycles. The zero-order valence-corrected chi connectivity index (χ0v) is 12.5. The van der Waals surface area contributed by atoms with Gasteiger partial charge < -0.3 is 4.90 Å². The average molecular weight is 265 g/mol. The van der Waals surface area contributed by atoms with Gasteiger partial charge >= 0.3 is 0 Å². The Labute approximate surface area is 116 Å². The molecule has 1 aliphatic rings. The van der Waals surface area contributed by atoms with Gasteiger partial charge in [0.1, 0.15) is 11.6 Å². The first-order chi connectivity index (χ1) is 9.19. The van der Waals surface area contributed by atoms with Crippen LogP contribution in [0.3, 0.4) is 0 Å². The largest absolute Gasteiger partial charge is 0.302 e. The van der Waals surface area contributed by atoms with Crippen molar-refractivity contribution in [1.82, 2.24) is 25.0 Å². The van der Waals surface area contributed by atoms with Crippen molar-refractivity contribution in [3.05, 3.63) is 11.6 Å². The summed E-state index contributed by atoms with van der Waals surface area (Å²) in [5.41, 5.74) is 0. The van der Waals surface area contributed by atoms with E-state index in [2.05, 4.69) is 46.0 Å². The molecule has 108 valence electrons. The Morgan fingerprint density at radius 1 is 1.21 bits per heavy atom. The topological polar surface area (TPSA) is 48.1 Å². The lowest BCUT2D eigenvalue weighted by molar-refractivity contribution is 0.202. The van der Waals surface area contributed by atoms with Crippen LogP contribution in [0.5, 0.6) is 0 Å². The number of likely N-dealkylation sites (N-methyl/N-ethyl adjacent to an activating group) is 2. The molecule has 19 heavy (non-hydrogen) atoms. The number of hydrogen-bond donors (Lipinski definition) is 1. The summed E-state index contributed by atoms with van der Waals surface area (Å²) >= 11 is 0. The Hall–Kier alpha value is -0.940. The van der Waals surface area contributed by atoms with Gasteiger partial charge in [-0.05, 0) is 26.9 Å². The van der Waals surface area contributed by atoms with Gasteiger partial charge in [0.2, 0.25) is 0 Å². The molecule has 1 aromatic heterocycles. The lowest BCUT2D eigenvalue weighted by Crippen LogP contribution is -2.36. The van der Waals surface area contributed by atoms with E-state index in [4.69, 9.17) is 0 Å². The van der Waals surface area contributed by atoms with Gasteiger partial charge in [-0.15, -0.1) is 0 Å². The molecule has 1 N–H and O–H groups in total. The molecule has 0 saturated heterocycles. The van der Waals surface area contributed by atoms with Gasteiger partial charge in [0, 0.05) is 25.6 Å². The van der Waals surface area contributed by atoms with Gasteiger partial charge in [-0.25, -0.2) is 4.98 Å². The Morgan fingerprint density at radius 3 is 2.58 bits per heavy atom. The van der Waals surface area contributed by atoms with E-state index < -0.39 is 0 Å². The monoisotopic (exact) mass is 265 g/mol. The highest BCUT2D eigenvalue weighted by Crippen LogP contribution is 2.21. The summed E-state index contributed by atoms with van der Waals surface area (Å²) < 4.78 is 0. The average Bonchev–Trinajstić information content (AvgIpc) is 3.06. The highest BCUT2D eigenvalue weighted by molar-refractivity contribution is 4.89. The van der Waals surface area contributed by atoms with Crippen LogP contribution < -0.4 is 0 Å². The summed E-state index contributed by atoms with van der Waals surface area (Å²) in [6.45, 7) is 5.14. The van der Waals surface area contributed by atoms with Crippen LogP contribution in [-0.2, 0) is 13.0 Å². The summed E-state index contributed by atoms with van der Waals surface area (Å²) in [6.07, 6.45) is 6.46. The highest BCUT2D eigenvalue weighted by atomic mass is 15.3. The maximum Gasteiger partial charge on any atom is 0.150 e. The second-order valence-electron chi connectivity index (χ2n) is 5.71. The first-order valence-corrected chi connectivity index (χ1v) is 7.48. The summed E-state index contributed by atoms with van der Waals surface area (Å²) in [4.78, 5) is 9.28. The van der Waals surface area contributed by atoms with Crippen LogP contribution in [0.1, 0.15) is 44.3 Å². The van der Waals surface area contributed by atoms with Gasteiger partial charge in [0.15, 0.2) is 0 Å². The van der Waals surface area contributed by atoms with Crippen LogP contribution in [0.2, 0.25) is 0 Å². The number of rotatable bonds is 7. The SMILES string of the molecule is CCc1n[nH]c(CN(C)CCN(C)C2CCCC2)n1. The van der Waals surface area contributed by atoms with Crippen LogP contribution in [0.4, 0.5) is 0 Å². The number of aryl methyl sites for hydroxylation is 1. The highest BCUT2D eigenvalue weighted by Gasteiger charge is 2.19. The van der Waals surface area contributed by atoms with E-state index in [-0.39, 0.29) is 0 Å². The van der Waals surface area contributed by atoms with E-state index >= 15 is 0 Å². The third-order valence-corrected chi connectivity index (χ3v) is 4.10. The van der Waals surface area contributed by atoms with Gasteiger partial charge in [-0.3, -0.25) is 10.00 Å². The number of hydrogen-bond acceptors (Lipinski definition) is 4. The summed E-state index contributed by atoms with van der Waals surface area (Å²) in [5, 5.41) is 7.19. The molecule has 1 fully saturated rings. The van der Waals surface area contributed by atoms with E-state index in [0.717, 1.165) is 43.7 Å². The molecule has 5 heteroatoms. The van der Waals surface area contributed by atoms with E-state index in [1.165, 1.54) is 25.7 Å². The normalized spacial score (nSPS) is 16.9. The molecule has 0 unspecified atom stereocenters. The zero-order chi connectivity index (χ0) is 13.7. The Morgan fingerprint density at radius 2 is 1.95 bits per heavy atom. The van der Waals surface area contributed by atoms with Crippen LogP contribution in [0.15, 0.2) is 0 Å². The molecule has 1 aliphatic carbocycles. The zero-order valence-electron chi connectivity index (χ0n) is 12.5. The van der Waals surface area contributed by atoms with E-state index in [9.17, 15) is 0 Å². The second kappa shape index (κ2) is 7.01. The van der Waals surface area contributed by atoms with Crippen molar-refractivity contribution in [2.75, 3.05) is 27.2 Å². The minimum Gasteiger partial charge on any atom is -0.302 e. The second-order valence-corrected chi connectivity index (χ2v) is 5.71. The van der Waals surface area contributed by atoms with Gasteiger partial charge in [-0.1, -0.05) is 19.8 Å². The number of nitrogens with zero attached hydrogens (tertiary/aromatic N) is 4. The Balaban J connectivity index is 1.70. The third-order valence-electron chi connectivity index (χ3n) is 4.10. The van der Waals surface area contributed by atoms with Crippen molar-refractivity contribution in [2.24, 2.45) is 0 Å². The fourth-order valence-corrected chi connectivity index (χ4v) is 2.75. The maximum atomic E-state index is 4.45. The van der Waals surface area contributed by atoms with Crippen LogP contribution >= 0.6 is 0 Å². The third kappa shape index (κ3) is 4.28. The molecule has 0 aliphatic heterocycles. The number of aromatic nitrogens is 3. The molecule has 0 atom stereocenters. The molecule has 0 bridgehead atoms. The van der Waals surface area contributed by atoms with Crippen LogP contribution in [-0.4, -0.2) is 58.2 Å². The molecule has 5 nitrogen and oxygen atoms in total. The predicted molar refractivity (Wildman–Crippen MR) is 77.0 cm³/mol. The molecule has 1 aromatic rings. The standard InChI is InChI=1S/C14H27N5/c1-4-13-15-14(17-16-13)11-18(2)9-10-19(3)12-7-5-6-8-12/h12H,4-11H2,1-3H3,(H,15,16,17). The molecule has 1 heterocycles. The summed E-state index contributed by atoms with van der Waals surface area (Å²) in [6, 6.07) is 0.811. The molecular weight excluding hydrogens is 238 g/mol. The van der Waals surface area contributed by atoms with Gasteiger partial charge in [0.05, 0.1) is 6.54 Å². The van der Waals surface area contributed by atoms with Crippen molar-refractivity contribution < 1.29 is 0 Å². The van der Waals surface area contributed by atoms with Crippen molar-refractivity contribution in [3.63, 3.8) is 0 Å². The lowest BCUT2D eigenvalue weighted by atomic mass is 10.2. The molecule has 0 radical (unpaired) electrons. The fourth-order valence-electron chi connectivity index (χ4n) is 2.75. The number of nitrogens with one attached hydrogen (secondary N) is 1. The minimum atomic E-state index is 0.811. The van der Waals surface area contributed by atoms with Gasteiger partial charge in [-0.2, -0.15) is 5.10 Å². The fraction of sp³-hybridized carbons (Fsp3) is 0.857. The minimum absolute atomic E-state index is 0.811. The van der Waals surface area contributed by atoms with Crippen molar-refractivity contribution >= 4 is 0 Å².